The number of amidine groups is 1. The van der Waals surface area contributed by atoms with E-state index < -0.39 is 0 Å². The molecule has 340 valence electrons. The van der Waals surface area contributed by atoms with Crippen molar-refractivity contribution in [2.24, 2.45) is 37.8 Å². The number of terminal acetylenes is 1. The smallest absolute Gasteiger partial charge is 0.184 e. The van der Waals surface area contributed by atoms with Crippen LogP contribution in [-0.2, 0) is 9.59 Å². The Bertz CT molecular complexity index is 1240. The molecule has 0 aromatic carbocycles. The van der Waals surface area contributed by atoms with E-state index in [-0.39, 0.29) is 5.66 Å². The number of nitrogens with zero attached hydrogens (tertiary/aromatic N) is 5. The molecule has 0 atom stereocenters. The third kappa shape index (κ3) is 34.6. The lowest BCUT2D eigenvalue weighted by atomic mass is 9.69. The minimum atomic E-state index is -0.316. The number of hydrazone groups is 1. The quantitative estimate of drug-likeness (QED) is 0.0183. The van der Waals surface area contributed by atoms with E-state index in [0.717, 1.165) is 84.0 Å². The summed E-state index contributed by atoms with van der Waals surface area (Å²) < 4.78 is 0. The van der Waals surface area contributed by atoms with Gasteiger partial charge in [-0.15, -0.1) is 12.3 Å². The fraction of sp³-hybridized carbons (Fsp3) is 0.673. The van der Waals surface area contributed by atoms with Gasteiger partial charge in [0.1, 0.15) is 12.5 Å². The highest BCUT2D eigenvalue weighted by Gasteiger charge is 2.42. The van der Waals surface area contributed by atoms with Crippen molar-refractivity contribution < 1.29 is 9.59 Å². The first-order valence-electron chi connectivity index (χ1n) is 21.5. The summed E-state index contributed by atoms with van der Waals surface area (Å²) in [4.78, 5) is 30.1. The van der Waals surface area contributed by atoms with E-state index in [0.29, 0.717) is 22.6 Å². The minimum absolute atomic E-state index is 0.311. The molecule has 2 aliphatic rings. The maximum absolute atomic E-state index is 12.3. The highest BCUT2D eigenvalue weighted by atomic mass is 16.1. The number of nitrogens with two attached hydrogens (primary N) is 1. The Kier molecular flexibility index (Phi) is 45.9. The standard InChI is InChI=1S/C28H45N3O.C7H15N3.C7H16.C3H4.C2H6.CH4N2.CH2O/c1-8-11-13-24-21-31(20-16-23(24)10-3)26(22-32)29-28(30(7)19-12-9-2)17-14-25(15-18-28)27(4,5)6;1-2-3-4-5-9-6-7-10-8;1-5-6-7(2,3)4;1-3-2;1-2;1-3-2;1-2/h8-12,22,25H,3,13-21H2,1-2,4-7H3;2-3,7,9H,4-6,8H2,1H3;5-6H2,1-4H3;1H,2H3;1-2H3;2H,1H3;1H2/b11-8-,12-9+,29-26+;3-2-,10-7+;;;;;. The van der Waals surface area contributed by atoms with E-state index in [1.165, 1.54) is 31.0 Å². The molecule has 0 radical (unpaired) electrons. The molecule has 10 heteroatoms. The van der Waals surface area contributed by atoms with Gasteiger partial charge in [0.25, 0.3) is 0 Å². The van der Waals surface area contributed by atoms with Crippen molar-refractivity contribution in [3.05, 3.63) is 60.3 Å². The molecule has 4 N–H and O–H groups in total. The van der Waals surface area contributed by atoms with Gasteiger partial charge in [-0.25, -0.2) is 15.6 Å². The van der Waals surface area contributed by atoms with Crippen molar-refractivity contribution in [2.45, 2.75) is 153 Å². The molecular weight excluding hydrogens is 733 g/mol. The number of nitrogens with one attached hydrogen (secondary N) is 2. The summed E-state index contributed by atoms with van der Waals surface area (Å²) in [6, 6.07) is 0. The predicted molar refractivity (Wildman–Crippen MR) is 261 cm³/mol. The average Bonchev–Trinajstić information content (AvgIpc) is 3.21. The maximum atomic E-state index is 12.3. The topological polar surface area (TPSA) is 140 Å². The Morgan fingerprint density at radius 3 is 1.98 bits per heavy atom. The number of aldehydes is 1. The second kappa shape index (κ2) is 42.2. The summed E-state index contributed by atoms with van der Waals surface area (Å²) in [5, 5.41) is 9.24. The molecule has 0 unspecified atom stereocenters. The number of aliphatic imine (C=N–C) groups is 1. The van der Waals surface area contributed by atoms with E-state index in [2.05, 4.69) is 137 Å². The lowest BCUT2D eigenvalue weighted by molar-refractivity contribution is -0.103. The molecule has 1 aliphatic carbocycles. The molecular formula is C49H92N8O2. The van der Waals surface area contributed by atoms with Crippen LogP contribution in [0, 0.1) is 34.6 Å². The van der Waals surface area contributed by atoms with Gasteiger partial charge in [-0.2, -0.15) is 5.10 Å². The molecule has 1 saturated carbocycles. The Morgan fingerprint density at radius 2 is 1.59 bits per heavy atom. The van der Waals surface area contributed by atoms with Gasteiger partial charge in [-0.05, 0) is 121 Å². The summed E-state index contributed by atoms with van der Waals surface area (Å²) in [6.07, 6.45) is 31.7. The van der Waals surface area contributed by atoms with Crippen LogP contribution in [-0.4, -0.2) is 87.4 Å². The normalized spacial score (nSPS) is 18.0. The zero-order valence-electron chi connectivity index (χ0n) is 40.8. The molecule has 0 amide bonds. The van der Waals surface area contributed by atoms with E-state index in [4.69, 9.17) is 21.2 Å². The number of hydrogen-bond donors (Lipinski definition) is 3. The minimum Gasteiger partial charge on any atom is -0.350 e. The van der Waals surface area contributed by atoms with Crippen LogP contribution in [0.15, 0.2) is 75.5 Å². The number of carbonyl (C=O) groups is 2. The molecule has 59 heavy (non-hydrogen) atoms. The molecule has 1 heterocycles. The van der Waals surface area contributed by atoms with Crippen LogP contribution in [0.5, 0.6) is 0 Å². The monoisotopic (exact) mass is 825 g/mol. The number of likely N-dealkylation sites (N-methyl/N-ethyl adjacent to an activating group) is 1. The number of allylic oxidation sites excluding steroid dienone is 5. The maximum Gasteiger partial charge on any atom is 0.184 e. The predicted octanol–water partition coefficient (Wildman–Crippen LogP) is 11.6. The van der Waals surface area contributed by atoms with Crippen molar-refractivity contribution >= 4 is 25.1 Å². The van der Waals surface area contributed by atoms with Crippen molar-refractivity contribution in [2.75, 3.05) is 46.8 Å². The summed E-state index contributed by atoms with van der Waals surface area (Å²) in [5.74, 6) is 8.43. The molecule has 10 nitrogen and oxygen atoms in total. The summed E-state index contributed by atoms with van der Waals surface area (Å²) >= 11 is 0. The molecule has 0 aromatic heterocycles. The highest BCUT2D eigenvalue weighted by Crippen LogP contribution is 2.44. The van der Waals surface area contributed by atoms with Crippen LogP contribution in [0.3, 0.4) is 0 Å². The van der Waals surface area contributed by atoms with E-state index >= 15 is 0 Å². The van der Waals surface area contributed by atoms with Gasteiger partial charge < -0.3 is 20.9 Å². The molecule has 0 bridgehead atoms. The molecule has 1 aliphatic heterocycles. The number of hydrogen-bond acceptors (Lipinski definition) is 9. The van der Waals surface area contributed by atoms with Gasteiger partial charge in [0.15, 0.2) is 12.1 Å². The van der Waals surface area contributed by atoms with Gasteiger partial charge in [0.2, 0.25) is 0 Å². The van der Waals surface area contributed by atoms with Crippen molar-refractivity contribution in [3.8, 4) is 12.3 Å². The second-order valence-corrected chi connectivity index (χ2v) is 16.2. The highest BCUT2D eigenvalue weighted by molar-refractivity contribution is 6.27. The van der Waals surface area contributed by atoms with Gasteiger partial charge in [0.05, 0.1) is 0 Å². The molecule has 2 rings (SSSR count). The first-order valence-corrected chi connectivity index (χ1v) is 21.5. The van der Waals surface area contributed by atoms with Crippen LogP contribution >= 0.6 is 0 Å². The molecule has 0 spiro atoms. The SMILES string of the molecule is C#CC.C/C=C\CCNC/C=N/N.C=CC1=C(C/C=C\C)CN(/C(C=O)=N/C2(N(C)C/C=C/C)CCC(C(C)(C)C)CC2)CC1.C=O.CC.CCCC(C)(C)C.CN=N. The van der Waals surface area contributed by atoms with Gasteiger partial charge in [0, 0.05) is 39.4 Å². The summed E-state index contributed by atoms with van der Waals surface area (Å²) in [5.41, 5.74) is 9.03. The van der Waals surface area contributed by atoms with Gasteiger partial charge >= 0.3 is 0 Å². The number of rotatable bonds is 14. The first kappa shape index (κ1) is 64.2. The Morgan fingerprint density at radius 1 is 1.07 bits per heavy atom. The van der Waals surface area contributed by atoms with E-state index in [1.807, 2.05) is 46.6 Å². The van der Waals surface area contributed by atoms with Crippen LogP contribution < -0.4 is 11.2 Å². The Balaban J connectivity index is -0.000000293. The van der Waals surface area contributed by atoms with Crippen LogP contribution in [0.1, 0.15) is 148 Å². The van der Waals surface area contributed by atoms with Gasteiger partial charge in [-0.1, -0.05) is 118 Å². The van der Waals surface area contributed by atoms with Crippen molar-refractivity contribution in [1.29, 1.82) is 5.53 Å². The van der Waals surface area contributed by atoms with Crippen LogP contribution in [0.25, 0.3) is 0 Å². The fourth-order valence-corrected chi connectivity index (χ4v) is 6.41. The largest absolute Gasteiger partial charge is 0.350 e. The molecule has 1 fully saturated rings. The lowest BCUT2D eigenvalue weighted by Gasteiger charge is -2.47. The lowest BCUT2D eigenvalue weighted by Crippen LogP contribution is -2.51. The zero-order valence-corrected chi connectivity index (χ0v) is 40.8. The first-order chi connectivity index (χ1) is 28.0. The third-order valence-corrected chi connectivity index (χ3v) is 9.49. The van der Waals surface area contributed by atoms with Crippen molar-refractivity contribution in [1.82, 2.24) is 15.1 Å². The van der Waals surface area contributed by atoms with Crippen molar-refractivity contribution in [3.63, 3.8) is 0 Å². The Hall–Kier alpha value is -3.94. The molecule has 0 aromatic rings. The van der Waals surface area contributed by atoms with Crippen LogP contribution in [0.2, 0.25) is 0 Å². The van der Waals surface area contributed by atoms with E-state index in [1.54, 1.807) is 13.1 Å². The summed E-state index contributed by atoms with van der Waals surface area (Å²) in [7, 11) is 3.58. The second-order valence-electron chi connectivity index (χ2n) is 16.2. The summed E-state index contributed by atoms with van der Waals surface area (Å²) in [6.45, 7) is 38.0. The Labute approximate surface area is 365 Å². The fourth-order valence-electron chi connectivity index (χ4n) is 6.41. The van der Waals surface area contributed by atoms with Gasteiger partial charge in [-0.3, -0.25) is 9.69 Å². The average molecular weight is 825 g/mol. The van der Waals surface area contributed by atoms with E-state index in [9.17, 15) is 4.79 Å². The van der Waals surface area contributed by atoms with Crippen LogP contribution in [0.4, 0.5) is 0 Å². The number of carbonyl (C=O) groups excluding carboxylic acids is 2. The molecule has 0 saturated heterocycles. The zero-order chi connectivity index (χ0) is 46.8. The third-order valence-electron chi connectivity index (χ3n) is 9.49.